The lowest BCUT2D eigenvalue weighted by Gasteiger charge is -2.46. The van der Waals surface area contributed by atoms with Crippen molar-refractivity contribution in [2.75, 3.05) is 32.9 Å². The number of nitrogens with zero attached hydrogens (tertiary/aromatic N) is 3. The molecule has 3 heterocycles. The molecule has 2 aliphatic heterocycles. The number of rotatable bonds is 6. The lowest BCUT2D eigenvalue weighted by Crippen LogP contribution is -2.51. The lowest BCUT2D eigenvalue weighted by molar-refractivity contribution is -0.126. The summed E-state index contributed by atoms with van der Waals surface area (Å²) in [5.41, 5.74) is 1.51. The van der Waals surface area contributed by atoms with E-state index in [0.717, 1.165) is 81.8 Å². The molecule has 1 saturated carbocycles. The number of carbonyl (C=O) groups excluding carboxylic acids is 1. The molecule has 0 N–H and O–H groups in total. The Morgan fingerprint density at radius 3 is 2.80 bits per heavy atom. The van der Waals surface area contributed by atoms with Gasteiger partial charge >= 0.3 is 0 Å². The molecule has 1 unspecified atom stereocenters. The van der Waals surface area contributed by atoms with E-state index in [4.69, 9.17) is 9.47 Å². The second-order valence-corrected chi connectivity index (χ2v) is 9.48. The summed E-state index contributed by atoms with van der Waals surface area (Å²) < 4.78 is 14.0. The van der Waals surface area contributed by atoms with E-state index < -0.39 is 0 Å². The number of hydrogen-bond acceptors (Lipinski definition) is 4. The van der Waals surface area contributed by atoms with Crippen molar-refractivity contribution in [2.45, 2.75) is 50.5 Å². The van der Waals surface area contributed by atoms with Crippen LogP contribution < -0.4 is 0 Å². The number of aromatic nitrogens is 2. The summed E-state index contributed by atoms with van der Waals surface area (Å²) in [6.07, 6.45) is 7.92. The summed E-state index contributed by atoms with van der Waals surface area (Å²) in [5, 5.41) is 5.46. The minimum absolute atomic E-state index is 0.0440. The monoisotopic (exact) mass is 411 g/mol. The first kappa shape index (κ1) is 20.0. The van der Waals surface area contributed by atoms with Gasteiger partial charge in [0.05, 0.1) is 11.1 Å². The van der Waals surface area contributed by atoms with Gasteiger partial charge < -0.3 is 14.4 Å². The molecule has 1 amide bonds. The van der Waals surface area contributed by atoms with Crippen LogP contribution in [0.1, 0.15) is 55.4 Å². The summed E-state index contributed by atoms with van der Waals surface area (Å²) in [6.45, 7) is 4.16. The van der Waals surface area contributed by atoms with E-state index in [2.05, 4.69) is 5.10 Å². The molecule has 6 nitrogen and oxygen atoms in total. The first-order valence-electron chi connectivity index (χ1n) is 11.6. The third kappa shape index (κ3) is 4.12. The van der Waals surface area contributed by atoms with Crippen LogP contribution in [-0.2, 0) is 16.5 Å². The number of likely N-dealkylation sites (tertiary alicyclic amines) is 1. The highest BCUT2D eigenvalue weighted by molar-refractivity contribution is 6.04. The summed E-state index contributed by atoms with van der Waals surface area (Å²) in [6, 6.07) is 7.95. The summed E-state index contributed by atoms with van der Waals surface area (Å²) in [4.78, 5) is 15.2. The maximum atomic E-state index is 13.2. The van der Waals surface area contributed by atoms with E-state index in [9.17, 15) is 4.79 Å². The average Bonchev–Trinajstić information content (AvgIpc) is 3.54. The van der Waals surface area contributed by atoms with Gasteiger partial charge in [0.2, 0.25) is 0 Å². The SMILES string of the molecule is Cn1nc(C(=O)N2CCC3(CC2)CC(CCOCC2CC2)CCO3)c2ccccc21. The van der Waals surface area contributed by atoms with E-state index in [0.29, 0.717) is 11.6 Å². The maximum Gasteiger partial charge on any atom is 0.275 e. The minimum atomic E-state index is -0.0532. The number of aryl methyl sites for hydroxylation is 1. The molecule has 2 saturated heterocycles. The van der Waals surface area contributed by atoms with Crippen molar-refractivity contribution < 1.29 is 14.3 Å². The fraction of sp³-hybridized carbons (Fsp3) is 0.667. The van der Waals surface area contributed by atoms with Gasteiger partial charge in [-0.05, 0) is 62.8 Å². The van der Waals surface area contributed by atoms with Gasteiger partial charge in [0.1, 0.15) is 0 Å². The van der Waals surface area contributed by atoms with Crippen LogP contribution in [0.2, 0.25) is 0 Å². The number of carbonyl (C=O) groups is 1. The molecule has 3 fully saturated rings. The van der Waals surface area contributed by atoms with Crippen molar-refractivity contribution in [1.29, 1.82) is 0 Å². The normalized spacial score (nSPS) is 23.9. The van der Waals surface area contributed by atoms with Gasteiger partial charge in [0.25, 0.3) is 5.91 Å². The van der Waals surface area contributed by atoms with E-state index in [-0.39, 0.29) is 11.5 Å². The predicted molar refractivity (Wildman–Crippen MR) is 115 cm³/mol. The molecule has 0 radical (unpaired) electrons. The number of fused-ring (bicyclic) bond motifs is 1. The Morgan fingerprint density at radius 2 is 2.00 bits per heavy atom. The average molecular weight is 412 g/mol. The Kier molecular flexibility index (Phi) is 5.54. The van der Waals surface area contributed by atoms with Crippen LogP contribution >= 0.6 is 0 Å². The Balaban J connectivity index is 1.17. The molecular formula is C24H33N3O3. The standard InChI is InChI=1S/C24H33N3O3/c1-26-21-5-3-2-4-20(21)22(25-26)23(28)27-12-10-24(11-13-27)16-18(9-15-30-24)8-14-29-17-19-6-7-19/h2-5,18-19H,6-17H2,1H3. The van der Waals surface area contributed by atoms with Crippen LogP contribution in [0.15, 0.2) is 24.3 Å². The molecule has 3 aliphatic rings. The molecule has 1 spiro atoms. The van der Waals surface area contributed by atoms with Crippen LogP contribution in [0.5, 0.6) is 0 Å². The summed E-state index contributed by atoms with van der Waals surface area (Å²) in [7, 11) is 1.90. The number of para-hydroxylation sites is 1. The van der Waals surface area contributed by atoms with Crippen molar-refractivity contribution >= 4 is 16.8 Å². The van der Waals surface area contributed by atoms with Crippen molar-refractivity contribution in [3.63, 3.8) is 0 Å². The first-order chi connectivity index (χ1) is 14.6. The molecule has 6 heteroatoms. The number of benzene rings is 1. The van der Waals surface area contributed by atoms with E-state index in [1.54, 1.807) is 4.68 Å². The lowest BCUT2D eigenvalue weighted by atomic mass is 9.78. The molecule has 1 aromatic carbocycles. The molecule has 0 bridgehead atoms. The van der Waals surface area contributed by atoms with Crippen LogP contribution in [-0.4, -0.2) is 59.1 Å². The summed E-state index contributed by atoms with van der Waals surface area (Å²) >= 11 is 0. The highest BCUT2D eigenvalue weighted by Crippen LogP contribution is 2.39. The number of ether oxygens (including phenoxy) is 2. The third-order valence-corrected chi connectivity index (χ3v) is 7.24. The Labute approximate surface area is 178 Å². The molecule has 30 heavy (non-hydrogen) atoms. The quantitative estimate of drug-likeness (QED) is 0.679. The first-order valence-corrected chi connectivity index (χ1v) is 11.6. The maximum absolute atomic E-state index is 13.2. The van der Waals surface area contributed by atoms with Crippen LogP contribution in [0.25, 0.3) is 10.9 Å². The van der Waals surface area contributed by atoms with Gasteiger partial charge in [0.15, 0.2) is 5.69 Å². The second kappa shape index (κ2) is 8.31. The van der Waals surface area contributed by atoms with Crippen molar-refractivity contribution in [3.05, 3.63) is 30.0 Å². The minimum Gasteiger partial charge on any atom is -0.381 e. The molecular weight excluding hydrogens is 378 g/mol. The number of hydrogen-bond donors (Lipinski definition) is 0. The van der Waals surface area contributed by atoms with Gasteiger partial charge in [0, 0.05) is 45.3 Å². The highest BCUT2D eigenvalue weighted by Gasteiger charge is 2.41. The van der Waals surface area contributed by atoms with E-state index in [1.165, 1.54) is 12.8 Å². The zero-order chi connectivity index (χ0) is 20.6. The van der Waals surface area contributed by atoms with Crippen LogP contribution in [0.3, 0.4) is 0 Å². The molecule has 5 rings (SSSR count). The smallest absolute Gasteiger partial charge is 0.275 e. The van der Waals surface area contributed by atoms with E-state index in [1.807, 2.05) is 36.2 Å². The van der Waals surface area contributed by atoms with Gasteiger partial charge in [-0.2, -0.15) is 5.10 Å². The van der Waals surface area contributed by atoms with E-state index >= 15 is 0 Å². The highest BCUT2D eigenvalue weighted by atomic mass is 16.5. The zero-order valence-electron chi connectivity index (χ0n) is 18.0. The van der Waals surface area contributed by atoms with Crippen molar-refractivity contribution in [1.82, 2.24) is 14.7 Å². The Morgan fingerprint density at radius 1 is 1.20 bits per heavy atom. The Hall–Kier alpha value is -1.92. The molecule has 1 aliphatic carbocycles. The van der Waals surface area contributed by atoms with Crippen molar-refractivity contribution in [3.8, 4) is 0 Å². The largest absolute Gasteiger partial charge is 0.381 e. The molecule has 162 valence electrons. The summed E-state index contributed by atoms with van der Waals surface area (Å²) in [5.74, 6) is 1.56. The second-order valence-electron chi connectivity index (χ2n) is 9.48. The number of piperidine rings is 1. The number of amides is 1. The van der Waals surface area contributed by atoms with Gasteiger partial charge in [-0.3, -0.25) is 9.48 Å². The van der Waals surface area contributed by atoms with Gasteiger partial charge in [-0.25, -0.2) is 0 Å². The van der Waals surface area contributed by atoms with Crippen LogP contribution in [0, 0.1) is 11.8 Å². The van der Waals surface area contributed by atoms with Gasteiger partial charge in [-0.1, -0.05) is 18.2 Å². The van der Waals surface area contributed by atoms with Crippen molar-refractivity contribution in [2.24, 2.45) is 18.9 Å². The topological polar surface area (TPSA) is 56.6 Å². The van der Waals surface area contributed by atoms with Crippen LogP contribution in [0.4, 0.5) is 0 Å². The fourth-order valence-electron chi connectivity index (χ4n) is 5.15. The Bertz CT molecular complexity index is 896. The van der Waals surface area contributed by atoms with Gasteiger partial charge in [-0.15, -0.1) is 0 Å². The zero-order valence-corrected chi connectivity index (χ0v) is 18.0. The molecule has 1 aromatic heterocycles. The predicted octanol–water partition coefficient (Wildman–Crippen LogP) is 3.79. The fourth-order valence-corrected chi connectivity index (χ4v) is 5.15. The third-order valence-electron chi connectivity index (χ3n) is 7.24. The molecule has 2 aromatic rings. The molecule has 1 atom stereocenters.